The Morgan fingerprint density at radius 1 is 1.67 bits per heavy atom. The molecule has 0 radical (unpaired) electrons. The maximum Gasteiger partial charge on any atom is 0.225 e. The van der Waals surface area contributed by atoms with Gasteiger partial charge in [-0.15, -0.1) is 0 Å². The number of likely N-dealkylation sites (tertiary alicyclic amines) is 1. The number of carbonyl (C=O) groups is 1. The number of amides is 1. The van der Waals surface area contributed by atoms with E-state index in [1.54, 1.807) is 4.90 Å². The molecule has 2 aliphatic rings. The Bertz CT molecular complexity index is 343. The van der Waals surface area contributed by atoms with Crippen LogP contribution >= 0.6 is 0 Å². The summed E-state index contributed by atoms with van der Waals surface area (Å²) in [5.74, 6) is 0.789. The molecule has 15 heavy (non-hydrogen) atoms. The second-order valence-corrected chi connectivity index (χ2v) is 4.12. The Balaban J connectivity index is 2.09. The third kappa shape index (κ3) is 1.96. The smallest absolute Gasteiger partial charge is 0.225 e. The molecule has 0 aliphatic carbocycles. The second kappa shape index (κ2) is 3.93. The molecule has 0 saturated carbocycles. The van der Waals surface area contributed by atoms with Gasteiger partial charge in [-0.1, -0.05) is 6.92 Å². The summed E-state index contributed by atoms with van der Waals surface area (Å²) in [4.78, 5) is 13.3. The number of rotatable bonds is 1. The Kier molecular flexibility index (Phi) is 2.63. The van der Waals surface area contributed by atoms with E-state index in [2.05, 4.69) is 0 Å². The van der Waals surface area contributed by atoms with Gasteiger partial charge in [-0.25, -0.2) is 0 Å². The number of nitrogens with zero attached hydrogens (tertiary/aromatic N) is 2. The van der Waals surface area contributed by atoms with Gasteiger partial charge < -0.3 is 9.64 Å². The number of hydrogen-bond donors (Lipinski definition) is 0. The SMILES string of the molecule is CC1C=C(C#N)OC(N2CCCC2=O)C1. The fourth-order valence-electron chi connectivity index (χ4n) is 2.11. The molecule has 1 fully saturated rings. The molecule has 2 rings (SSSR count). The van der Waals surface area contributed by atoms with Gasteiger partial charge in [-0.2, -0.15) is 5.26 Å². The molecule has 0 aromatic heterocycles. The van der Waals surface area contributed by atoms with Crippen molar-refractivity contribution >= 4 is 5.91 Å². The molecular weight excluding hydrogens is 192 g/mol. The van der Waals surface area contributed by atoms with Crippen molar-refractivity contribution in [1.82, 2.24) is 4.90 Å². The Hall–Kier alpha value is -1.50. The Morgan fingerprint density at radius 3 is 3.07 bits per heavy atom. The number of carbonyl (C=O) groups excluding carboxylic acids is 1. The predicted octanol–water partition coefficient (Wildman–Crippen LogP) is 1.40. The lowest BCUT2D eigenvalue weighted by Crippen LogP contribution is -2.40. The lowest BCUT2D eigenvalue weighted by atomic mass is 10.0. The summed E-state index contributed by atoms with van der Waals surface area (Å²) in [5, 5.41) is 8.79. The van der Waals surface area contributed by atoms with Crippen molar-refractivity contribution in [2.75, 3.05) is 6.54 Å². The van der Waals surface area contributed by atoms with E-state index >= 15 is 0 Å². The molecular formula is C11H14N2O2. The molecule has 4 heteroatoms. The van der Waals surface area contributed by atoms with E-state index in [-0.39, 0.29) is 12.1 Å². The van der Waals surface area contributed by atoms with E-state index in [0.29, 0.717) is 18.1 Å². The summed E-state index contributed by atoms with van der Waals surface area (Å²) < 4.78 is 5.47. The molecule has 1 amide bonds. The average Bonchev–Trinajstić information content (AvgIpc) is 2.63. The van der Waals surface area contributed by atoms with Gasteiger partial charge in [0.1, 0.15) is 6.07 Å². The van der Waals surface area contributed by atoms with E-state index in [1.807, 2.05) is 19.1 Å². The molecule has 2 heterocycles. The third-order valence-electron chi connectivity index (χ3n) is 2.84. The first-order valence-corrected chi connectivity index (χ1v) is 5.28. The van der Waals surface area contributed by atoms with Gasteiger partial charge in [0.25, 0.3) is 0 Å². The third-order valence-corrected chi connectivity index (χ3v) is 2.84. The molecule has 2 atom stereocenters. The highest BCUT2D eigenvalue weighted by atomic mass is 16.5. The van der Waals surface area contributed by atoms with Crippen molar-refractivity contribution in [3.8, 4) is 6.07 Å². The van der Waals surface area contributed by atoms with Crippen LogP contribution in [0.4, 0.5) is 0 Å². The van der Waals surface area contributed by atoms with Crippen molar-refractivity contribution in [3.63, 3.8) is 0 Å². The minimum absolute atomic E-state index is 0.145. The van der Waals surface area contributed by atoms with Gasteiger partial charge in [0.2, 0.25) is 5.91 Å². The zero-order valence-electron chi connectivity index (χ0n) is 8.77. The van der Waals surface area contributed by atoms with Crippen molar-refractivity contribution in [2.45, 2.75) is 32.4 Å². The average molecular weight is 206 g/mol. The summed E-state index contributed by atoms with van der Waals surface area (Å²) in [6, 6.07) is 2.00. The molecule has 4 nitrogen and oxygen atoms in total. The second-order valence-electron chi connectivity index (χ2n) is 4.12. The molecule has 1 saturated heterocycles. The van der Waals surface area contributed by atoms with Gasteiger partial charge in [0.15, 0.2) is 12.0 Å². The molecule has 0 N–H and O–H groups in total. The Labute approximate surface area is 89.1 Å². The summed E-state index contributed by atoms with van der Waals surface area (Å²) in [6.07, 6.45) is 3.89. The first-order chi connectivity index (χ1) is 7.20. The standard InChI is InChI=1S/C11H14N2O2/c1-8-5-9(7-12)15-11(6-8)13-4-2-3-10(13)14/h5,8,11H,2-4,6H2,1H3. The number of ether oxygens (including phenoxy) is 1. The van der Waals surface area contributed by atoms with Crippen LogP contribution < -0.4 is 0 Å². The van der Waals surface area contributed by atoms with Gasteiger partial charge >= 0.3 is 0 Å². The topological polar surface area (TPSA) is 53.3 Å². The summed E-state index contributed by atoms with van der Waals surface area (Å²) in [5.41, 5.74) is 0. The van der Waals surface area contributed by atoms with Crippen LogP contribution in [0.1, 0.15) is 26.2 Å². The van der Waals surface area contributed by atoms with E-state index < -0.39 is 0 Å². The molecule has 0 spiro atoms. The van der Waals surface area contributed by atoms with Gasteiger partial charge in [0.05, 0.1) is 0 Å². The highest BCUT2D eigenvalue weighted by molar-refractivity contribution is 5.78. The minimum Gasteiger partial charge on any atom is -0.460 e. The van der Waals surface area contributed by atoms with Crippen LogP contribution in [0.3, 0.4) is 0 Å². The molecule has 0 bridgehead atoms. The summed E-state index contributed by atoms with van der Waals surface area (Å²) in [6.45, 7) is 2.79. The zero-order valence-corrected chi connectivity index (χ0v) is 8.77. The van der Waals surface area contributed by atoms with Crippen molar-refractivity contribution < 1.29 is 9.53 Å². The lowest BCUT2D eigenvalue weighted by molar-refractivity contribution is -0.139. The Morgan fingerprint density at radius 2 is 2.47 bits per heavy atom. The fourth-order valence-corrected chi connectivity index (χ4v) is 2.11. The van der Waals surface area contributed by atoms with Crippen molar-refractivity contribution in [3.05, 3.63) is 11.8 Å². The monoisotopic (exact) mass is 206 g/mol. The van der Waals surface area contributed by atoms with E-state index in [4.69, 9.17) is 10.00 Å². The lowest BCUT2D eigenvalue weighted by Gasteiger charge is -2.32. The molecule has 2 aliphatic heterocycles. The number of hydrogen-bond acceptors (Lipinski definition) is 3. The molecule has 80 valence electrons. The summed E-state index contributed by atoms with van der Waals surface area (Å²) >= 11 is 0. The van der Waals surface area contributed by atoms with E-state index in [9.17, 15) is 4.79 Å². The number of allylic oxidation sites excluding steroid dienone is 2. The van der Waals surface area contributed by atoms with Gasteiger partial charge in [-0.05, 0) is 18.4 Å². The maximum atomic E-state index is 11.5. The van der Waals surface area contributed by atoms with E-state index in [0.717, 1.165) is 19.4 Å². The van der Waals surface area contributed by atoms with Crippen molar-refractivity contribution in [1.29, 1.82) is 5.26 Å². The van der Waals surface area contributed by atoms with Crippen LogP contribution in [-0.2, 0) is 9.53 Å². The zero-order chi connectivity index (χ0) is 10.8. The maximum absolute atomic E-state index is 11.5. The summed E-state index contributed by atoms with van der Waals surface area (Å²) in [7, 11) is 0. The normalized spacial score (nSPS) is 30.8. The first kappa shape index (κ1) is 10.0. The quantitative estimate of drug-likeness (QED) is 0.651. The van der Waals surface area contributed by atoms with Gasteiger partial charge in [-0.3, -0.25) is 4.79 Å². The highest BCUT2D eigenvalue weighted by Gasteiger charge is 2.32. The molecule has 2 unspecified atom stereocenters. The molecule has 0 aromatic carbocycles. The van der Waals surface area contributed by atoms with Crippen LogP contribution in [0.15, 0.2) is 11.8 Å². The molecule has 0 aromatic rings. The van der Waals surface area contributed by atoms with Crippen LogP contribution in [-0.4, -0.2) is 23.6 Å². The predicted molar refractivity (Wildman–Crippen MR) is 53.3 cm³/mol. The minimum atomic E-state index is -0.227. The van der Waals surface area contributed by atoms with E-state index in [1.165, 1.54) is 0 Å². The number of nitriles is 1. The van der Waals surface area contributed by atoms with Crippen LogP contribution in [0.25, 0.3) is 0 Å². The van der Waals surface area contributed by atoms with Crippen LogP contribution in [0.2, 0.25) is 0 Å². The van der Waals surface area contributed by atoms with Crippen LogP contribution in [0, 0.1) is 17.2 Å². The van der Waals surface area contributed by atoms with Gasteiger partial charge in [0, 0.05) is 19.4 Å². The largest absolute Gasteiger partial charge is 0.460 e. The fraction of sp³-hybridized carbons (Fsp3) is 0.636. The first-order valence-electron chi connectivity index (χ1n) is 5.28. The van der Waals surface area contributed by atoms with Crippen molar-refractivity contribution in [2.24, 2.45) is 5.92 Å². The highest BCUT2D eigenvalue weighted by Crippen LogP contribution is 2.26. The van der Waals surface area contributed by atoms with Crippen LogP contribution in [0.5, 0.6) is 0 Å².